The highest BCUT2D eigenvalue weighted by molar-refractivity contribution is 5.76. The molecule has 0 aliphatic heterocycles. The molecule has 0 atom stereocenters. The minimum absolute atomic E-state index is 0.567. The third-order valence-electron chi connectivity index (χ3n) is 4.44. The van der Waals surface area contributed by atoms with Crippen molar-refractivity contribution in [2.24, 2.45) is 5.73 Å². The average Bonchev–Trinajstić information content (AvgIpc) is 3.32. The van der Waals surface area contributed by atoms with Gasteiger partial charge in [0.2, 0.25) is 0 Å². The van der Waals surface area contributed by atoms with Gasteiger partial charge in [-0.25, -0.2) is 4.39 Å². The van der Waals surface area contributed by atoms with Gasteiger partial charge in [0.05, 0.1) is 5.69 Å². The number of allylic oxidation sites excluding steroid dienone is 2. The molecule has 1 aliphatic rings. The van der Waals surface area contributed by atoms with Gasteiger partial charge in [-0.05, 0) is 69.6 Å². The summed E-state index contributed by atoms with van der Waals surface area (Å²) in [7, 11) is 0. The summed E-state index contributed by atoms with van der Waals surface area (Å²) >= 11 is 0. The van der Waals surface area contributed by atoms with Crippen LogP contribution >= 0.6 is 0 Å². The molecule has 126 valence electrons. The number of aryl methyl sites for hydroxylation is 1. The number of alkyl halides is 1. The highest BCUT2D eigenvalue weighted by Crippen LogP contribution is 2.41. The molecule has 0 radical (unpaired) electrons. The average molecular weight is 316 g/mol. The number of pyridine rings is 1. The van der Waals surface area contributed by atoms with Crippen LogP contribution in [0.3, 0.4) is 0 Å². The van der Waals surface area contributed by atoms with Crippen molar-refractivity contribution in [2.45, 2.75) is 70.9 Å². The highest BCUT2D eigenvalue weighted by Gasteiger charge is 2.28. The summed E-state index contributed by atoms with van der Waals surface area (Å²) in [6, 6.07) is 4.18. The van der Waals surface area contributed by atoms with E-state index in [9.17, 15) is 4.39 Å². The normalized spacial score (nSPS) is 15.7. The molecule has 1 heterocycles. The Labute approximate surface area is 139 Å². The molecule has 1 fully saturated rings. The molecule has 2 N–H and O–H groups in total. The standard InChI is InChI=1S/C20H29FN2/c1-5-14(2)17(13-22)18-11-10-15(7-6-12-20(3,4)21)19(23-18)16-8-9-16/h10-11,13,16H,2,5-9,12,22H2,1,3-4H3. The van der Waals surface area contributed by atoms with E-state index < -0.39 is 5.67 Å². The highest BCUT2D eigenvalue weighted by atomic mass is 19.1. The zero-order valence-electron chi connectivity index (χ0n) is 14.7. The summed E-state index contributed by atoms with van der Waals surface area (Å²) in [5.41, 5.74) is 9.99. The Hall–Kier alpha value is -1.64. The maximum atomic E-state index is 13.7. The van der Waals surface area contributed by atoms with Crippen LogP contribution in [0.2, 0.25) is 0 Å². The summed E-state index contributed by atoms with van der Waals surface area (Å²) in [4.78, 5) is 4.89. The van der Waals surface area contributed by atoms with Crippen LogP contribution in [0.1, 0.15) is 75.7 Å². The van der Waals surface area contributed by atoms with Gasteiger partial charge >= 0.3 is 0 Å². The Bertz CT molecular complexity index is 592. The summed E-state index contributed by atoms with van der Waals surface area (Å²) in [6.07, 6.45) is 7.20. The quantitative estimate of drug-likeness (QED) is 0.661. The van der Waals surface area contributed by atoms with Crippen LogP contribution in [0.5, 0.6) is 0 Å². The van der Waals surface area contributed by atoms with Gasteiger partial charge in [-0.15, -0.1) is 0 Å². The zero-order chi connectivity index (χ0) is 17.0. The van der Waals surface area contributed by atoms with Gasteiger partial charge in [0.1, 0.15) is 5.67 Å². The van der Waals surface area contributed by atoms with Gasteiger partial charge < -0.3 is 5.73 Å². The minimum atomic E-state index is -1.10. The number of aromatic nitrogens is 1. The van der Waals surface area contributed by atoms with Crippen LogP contribution in [0.25, 0.3) is 5.57 Å². The van der Waals surface area contributed by atoms with Crippen LogP contribution in [-0.2, 0) is 6.42 Å². The minimum Gasteiger partial charge on any atom is -0.404 e. The van der Waals surface area contributed by atoms with Crippen molar-refractivity contribution in [3.8, 4) is 0 Å². The number of nitrogens with zero attached hydrogens (tertiary/aromatic N) is 1. The predicted molar refractivity (Wildman–Crippen MR) is 95.9 cm³/mol. The van der Waals surface area contributed by atoms with Crippen molar-refractivity contribution in [2.75, 3.05) is 0 Å². The SMILES string of the molecule is C=C(CC)C(=CN)c1ccc(CCCC(C)(C)F)c(C2CC2)n1. The lowest BCUT2D eigenvalue weighted by atomic mass is 9.96. The zero-order valence-corrected chi connectivity index (χ0v) is 14.7. The maximum Gasteiger partial charge on any atom is 0.105 e. The fourth-order valence-electron chi connectivity index (χ4n) is 2.85. The van der Waals surface area contributed by atoms with Crippen LogP contribution in [-0.4, -0.2) is 10.7 Å². The summed E-state index contributed by atoms with van der Waals surface area (Å²) in [5.74, 6) is 0.567. The predicted octanol–water partition coefficient (Wildman–Crippen LogP) is 5.30. The van der Waals surface area contributed by atoms with Crippen molar-refractivity contribution >= 4 is 5.57 Å². The first-order valence-corrected chi connectivity index (χ1v) is 8.65. The van der Waals surface area contributed by atoms with E-state index in [0.717, 1.165) is 36.1 Å². The van der Waals surface area contributed by atoms with Crippen molar-refractivity contribution in [3.05, 3.63) is 47.4 Å². The molecule has 2 rings (SSSR count). The fourth-order valence-corrected chi connectivity index (χ4v) is 2.85. The molecule has 3 heteroatoms. The van der Waals surface area contributed by atoms with E-state index in [-0.39, 0.29) is 0 Å². The van der Waals surface area contributed by atoms with Gasteiger partial charge in [0.25, 0.3) is 0 Å². The van der Waals surface area contributed by atoms with E-state index in [2.05, 4.69) is 19.6 Å². The van der Waals surface area contributed by atoms with Crippen molar-refractivity contribution < 1.29 is 4.39 Å². The second kappa shape index (κ2) is 7.29. The molecule has 2 nitrogen and oxygen atoms in total. The molecule has 1 aromatic heterocycles. The van der Waals surface area contributed by atoms with Gasteiger partial charge in [-0.1, -0.05) is 19.6 Å². The van der Waals surface area contributed by atoms with Crippen molar-refractivity contribution in [3.63, 3.8) is 0 Å². The Kier molecular flexibility index (Phi) is 5.61. The maximum absolute atomic E-state index is 13.7. The summed E-state index contributed by atoms with van der Waals surface area (Å²) in [6.45, 7) is 9.44. The lowest BCUT2D eigenvalue weighted by molar-refractivity contribution is 0.197. The second-order valence-corrected chi connectivity index (χ2v) is 7.12. The van der Waals surface area contributed by atoms with Gasteiger partial charge in [-0.3, -0.25) is 4.98 Å². The monoisotopic (exact) mass is 316 g/mol. The molecular formula is C20H29FN2. The Morgan fingerprint density at radius 3 is 2.65 bits per heavy atom. The van der Waals surface area contributed by atoms with Crippen LogP contribution in [0.15, 0.2) is 30.5 Å². The van der Waals surface area contributed by atoms with E-state index in [1.165, 1.54) is 24.1 Å². The van der Waals surface area contributed by atoms with Crippen LogP contribution < -0.4 is 5.73 Å². The van der Waals surface area contributed by atoms with E-state index in [1.807, 2.05) is 6.07 Å². The van der Waals surface area contributed by atoms with Crippen molar-refractivity contribution in [1.29, 1.82) is 0 Å². The number of nitrogens with two attached hydrogens (primary N) is 1. The molecule has 1 aromatic rings. The Balaban J connectivity index is 2.20. The van der Waals surface area contributed by atoms with E-state index in [1.54, 1.807) is 20.0 Å². The molecule has 0 unspecified atom stereocenters. The molecule has 1 saturated carbocycles. The third kappa shape index (κ3) is 4.92. The van der Waals surface area contributed by atoms with E-state index in [4.69, 9.17) is 10.7 Å². The molecule has 0 aromatic carbocycles. The first-order chi connectivity index (χ1) is 10.9. The topological polar surface area (TPSA) is 38.9 Å². The number of rotatable bonds is 8. The smallest absolute Gasteiger partial charge is 0.105 e. The number of hydrogen-bond donors (Lipinski definition) is 1. The molecule has 0 amide bonds. The van der Waals surface area contributed by atoms with Gasteiger partial charge in [0.15, 0.2) is 0 Å². The molecule has 0 saturated heterocycles. The molecule has 1 aliphatic carbocycles. The first-order valence-electron chi connectivity index (χ1n) is 8.65. The van der Waals surface area contributed by atoms with E-state index in [0.29, 0.717) is 12.3 Å². The second-order valence-electron chi connectivity index (χ2n) is 7.12. The molecule has 0 spiro atoms. The Morgan fingerprint density at radius 2 is 2.13 bits per heavy atom. The summed E-state index contributed by atoms with van der Waals surface area (Å²) in [5, 5.41) is 0. The summed E-state index contributed by atoms with van der Waals surface area (Å²) < 4.78 is 13.7. The first kappa shape index (κ1) is 17.7. The lowest BCUT2D eigenvalue weighted by Crippen LogP contribution is -2.12. The molecule has 0 bridgehead atoms. The Morgan fingerprint density at radius 1 is 1.43 bits per heavy atom. The number of halogens is 1. The van der Waals surface area contributed by atoms with Gasteiger partial charge in [0, 0.05) is 23.4 Å². The third-order valence-corrected chi connectivity index (χ3v) is 4.44. The fraction of sp³-hybridized carbons (Fsp3) is 0.550. The van der Waals surface area contributed by atoms with Gasteiger partial charge in [-0.2, -0.15) is 0 Å². The van der Waals surface area contributed by atoms with Crippen LogP contribution in [0.4, 0.5) is 4.39 Å². The van der Waals surface area contributed by atoms with Crippen molar-refractivity contribution in [1.82, 2.24) is 4.98 Å². The number of hydrogen-bond acceptors (Lipinski definition) is 2. The lowest BCUT2D eigenvalue weighted by Gasteiger charge is -2.16. The van der Waals surface area contributed by atoms with Crippen LogP contribution in [0, 0.1) is 0 Å². The van der Waals surface area contributed by atoms with E-state index >= 15 is 0 Å². The largest absolute Gasteiger partial charge is 0.404 e. The molecular weight excluding hydrogens is 287 g/mol. The molecule has 23 heavy (non-hydrogen) atoms.